The summed E-state index contributed by atoms with van der Waals surface area (Å²) in [5.74, 6) is -1.37. The fraction of sp³-hybridized carbons (Fsp3) is 0.227. The molecule has 0 saturated heterocycles. The van der Waals surface area contributed by atoms with Crippen molar-refractivity contribution in [2.75, 3.05) is 29.5 Å². The minimum atomic E-state index is -0.508. The second-order valence-electron chi connectivity index (χ2n) is 7.85. The van der Waals surface area contributed by atoms with Crippen molar-refractivity contribution in [1.29, 1.82) is 0 Å². The molecule has 0 aliphatic carbocycles. The molecule has 13 nitrogen and oxygen atoms in total. The van der Waals surface area contributed by atoms with Gasteiger partial charge in [0.1, 0.15) is 11.4 Å². The van der Waals surface area contributed by atoms with Crippen LogP contribution in [0, 0.1) is 0 Å². The Balaban J connectivity index is 1.65. The SMILES string of the molecule is CN(CCC(N)=O)C(=O)n1ccc(NC(=O)c2cc(NC(=O)c3cc(NC=O)cn3C)cn2C)c1. The zero-order valence-electron chi connectivity index (χ0n) is 19.4. The van der Waals surface area contributed by atoms with Gasteiger partial charge in [-0.25, -0.2) is 4.79 Å². The van der Waals surface area contributed by atoms with Crippen molar-refractivity contribution in [1.82, 2.24) is 18.6 Å². The number of rotatable bonds is 9. The molecule has 0 spiro atoms. The summed E-state index contributed by atoms with van der Waals surface area (Å²) in [6.45, 7) is 0.170. The van der Waals surface area contributed by atoms with E-state index >= 15 is 0 Å². The monoisotopic (exact) mass is 482 g/mol. The smallest absolute Gasteiger partial charge is 0.327 e. The van der Waals surface area contributed by atoms with Crippen molar-refractivity contribution in [3.05, 3.63) is 54.4 Å². The van der Waals surface area contributed by atoms with Gasteiger partial charge in [-0.05, 0) is 18.2 Å². The molecule has 0 aliphatic heterocycles. The average Bonchev–Trinajstić information content (AvgIpc) is 3.50. The first-order valence-corrected chi connectivity index (χ1v) is 10.5. The molecular weight excluding hydrogens is 456 g/mol. The maximum atomic E-state index is 12.8. The summed E-state index contributed by atoms with van der Waals surface area (Å²) in [7, 11) is 4.86. The second-order valence-corrected chi connectivity index (χ2v) is 7.85. The minimum Gasteiger partial charge on any atom is -0.370 e. The van der Waals surface area contributed by atoms with Gasteiger partial charge >= 0.3 is 6.03 Å². The van der Waals surface area contributed by atoms with E-state index < -0.39 is 17.7 Å². The number of aromatic nitrogens is 3. The van der Waals surface area contributed by atoms with Crippen LogP contribution in [0.15, 0.2) is 43.0 Å². The maximum absolute atomic E-state index is 12.8. The molecule has 3 rings (SSSR count). The van der Waals surface area contributed by atoms with Crippen LogP contribution in [0.25, 0.3) is 0 Å². The van der Waals surface area contributed by atoms with Gasteiger partial charge in [0.2, 0.25) is 12.3 Å². The van der Waals surface area contributed by atoms with Crippen LogP contribution in [-0.2, 0) is 23.7 Å². The average molecular weight is 483 g/mol. The Kier molecular flexibility index (Phi) is 7.39. The van der Waals surface area contributed by atoms with Crippen LogP contribution in [0.2, 0.25) is 0 Å². The van der Waals surface area contributed by atoms with Gasteiger partial charge in [0.05, 0.1) is 17.1 Å². The Morgan fingerprint density at radius 1 is 0.943 bits per heavy atom. The molecule has 13 heteroatoms. The molecule has 0 aliphatic rings. The Bertz CT molecular complexity index is 1280. The van der Waals surface area contributed by atoms with Crippen molar-refractivity contribution in [2.24, 2.45) is 19.8 Å². The number of nitrogens with two attached hydrogens (primary N) is 1. The van der Waals surface area contributed by atoms with Crippen molar-refractivity contribution in [2.45, 2.75) is 6.42 Å². The molecule has 0 saturated carbocycles. The van der Waals surface area contributed by atoms with E-state index in [1.165, 1.54) is 34.0 Å². The highest BCUT2D eigenvalue weighted by Gasteiger charge is 2.18. The van der Waals surface area contributed by atoms with Crippen molar-refractivity contribution in [3.63, 3.8) is 0 Å². The number of carbonyl (C=O) groups excluding carboxylic acids is 5. The summed E-state index contributed by atoms with van der Waals surface area (Å²) in [6.07, 6.45) is 6.68. The fourth-order valence-electron chi connectivity index (χ4n) is 3.35. The topological polar surface area (TPSA) is 165 Å². The number of hydrogen-bond acceptors (Lipinski definition) is 5. The number of nitrogens with one attached hydrogen (secondary N) is 3. The van der Waals surface area contributed by atoms with Crippen molar-refractivity contribution < 1.29 is 24.0 Å². The predicted molar refractivity (Wildman–Crippen MR) is 128 cm³/mol. The largest absolute Gasteiger partial charge is 0.370 e. The number of carbonyl (C=O) groups is 5. The summed E-state index contributed by atoms with van der Waals surface area (Å²) in [5.41, 5.74) is 6.96. The van der Waals surface area contributed by atoms with E-state index in [0.29, 0.717) is 29.2 Å². The van der Waals surface area contributed by atoms with Gasteiger partial charge in [-0.1, -0.05) is 0 Å². The first-order chi connectivity index (χ1) is 16.6. The summed E-state index contributed by atoms with van der Waals surface area (Å²) < 4.78 is 4.39. The first-order valence-electron chi connectivity index (χ1n) is 10.5. The normalized spacial score (nSPS) is 10.5. The van der Waals surface area contributed by atoms with Crippen LogP contribution in [0.5, 0.6) is 0 Å². The van der Waals surface area contributed by atoms with E-state index in [1.807, 2.05) is 0 Å². The first kappa shape index (κ1) is 24.8. The van der Waals surface area contributed by atoms with Gasteiger partial charge < -0.3 is 35.7 Å². The molecule has 0 unspecified atom stereocenters. The molecule has 0 aromatic carbocycles. The molecule has 35 heavy (non-hydrogen) atoms. The second kappa shape index (κ2) is 10.4. The Labute approximate surface area is 200 Å². The zero-order valence-corrected chi connectivity index (χ0v) is 19.4. The third kappa shape index (κ3) is 5.96. The Morgan fingerprint density at radius 2 is 1.51 bits per heavy atom. The fourth-order valence-corrected chi connectivity index (χ4v) is 3.35. The molecule has 0 bridgehead atoms. The molecule has 3 aromatic heterocycles. The molecule has 5 amide bonds. The number of aryl methyl sites for hydroxylation is 2. The summed E-state index contributed by atoms with van der Waals surface area (Å²) in [4.78, 5) is 60.7. The van der Waals surface area contributed by atoms with E-state index in [0.717, 1.165) is 0 Å². The molecule has 184 valence electrons. The van der Waals surface area contributed by atoms with Crippen LogP contribution >= 0.6 is 0 Å². The number of primary amides is 1. The quantitative estimate of drug-likeness (QED) is 0.334. The Morgan fingerprint density at radius 3 is 2.11 bits per heavy atom. The highest BCUT2D eigenvalue weighted by molar-refractivity contribution is 6.07. The molecule has 3 aromatic rings. The molecule has 3 heterocycles. The van der Waals surface area contributed by atoms with Crippen LogP contribution in [0.4, 0.5) is 21.9 Å². The highest BCUT2D eigenvalue weighted by Crippen LogP contribution is 2.18. The van der Waals surface area contributed by atoms with Crippen LogP contribution in [0.3, 0.4) is 0 Å². The predicted octanol–water partition coefficient (Wildman–Crippen LogP) is 1.01. The molecule has 0 atom stereocenters. The highest BCUT2D eigenvalue weighted by atomic mass is 16.2. The number of nitrogens with zero attached hydrogens (tertiary/aromatic N) is 4. The molecular formula is C22H26N8O5. The molecule has 0 fully saturated rings. The van der Waals surface area contributed by atoms with Crippen molar-refractivity contribution >= 4 is 47.2 Å². The van der Waals surface area contributed by atoms with Crippen LogP contribution in [0.1, 0.15) is 27.4 Å². The molecule has 5 N–H and O–H groups in total. The van der Waals surface area contributed by atoms with E-state index in [4.69, 9.17) is 5.73 Å². The van der Waals surface area contributed by atoms with E-state index in [9.17, 15) is 24.0 Å². The van der Waals surface area contributed by atoms with E-state index in [-0.39, 0.29) is 24.7 Å². The third-order valence-electron chi connectivity index (χ3n) is 5.15. The Hall–Kier alpha value is -4.81. The minimum absolute atomic E-state index is 0.0420. The van der Waals surface area contributed by atoms with Gasteiger partial charge in [-0.2, -0.15) is 0 Å². The number of hydrogen-bond donors (Lipinski definition) is 4. The summed E-state index contributed by atoms with van der Waals surface area (Å²) in [6, 6.07) is 4.21. The van der Waals surface area contributed by atoms with Gasteiger partial charge in [-0.3, -0.25) is 23.7 Å². The van der Waals surface area contributed by atoms with Gasteiger partial charge in [0.25, 0.3) is 11.8 Å². The lowest BCUT2D eigenvalue weighted by Crippen LogP contribution is -2.33. The number of anilines is 3. The number of amides is 5. The van der Waals surface area contributed by atoms with Gasteiger partial charge in [-0.15, -0.1) is 0 Å². The van der Waals surface area contributed by atoms with Crippen LogP contribution < -0.4 is 21.7 Å². The lowest BCUT2D eigenvalue weighted by atomic mass is 10.3. The van der Waals surface area contributed by atoms with E-state index in [1.54, 1.807) is 48.7 Å². The zero-order chi connectivity index (χ0) is 25.7. The molecule has 0 radical (unpaired) electrons. The van der Waals surface area contributed by atoms with E-state index in [2.05, 4.69) is 16.0 Å². The standard InChI is InChI=1S/C22H26N8O5/c1-27(6-5-19(23)32)22(35)30-7-4-14(12-30)25-20(33)18-9-16(11-29(18)3)26-21(34)17-8-15(24-13-31)10-28(17)2/h4,7-13H,5-6H2,1-3H3,(H2,23,32)(H,24,31)(H,25,33)(H,26,34). The van der Waals surface area contributed by atoms with Gasteiger partial charge in [0.15, 0.2) is 0 Å². The third-order valence-corrected chi connectivity index (χ3v) is 5.15. The summed E-state index contributed by atoms with van der Waals surface area (Å²) >= 11 is 0. The van der Waals surface area contributed by atoms with Gasteiger partial charge in [0, 0.05) is 58.9 Å². The lowest BCUT2D eigenvalue weighted by Gasteiger charge is -2.16. The van der Waals surface area contributed by atoms with Crippen LogP contribution in [-0.4, -0.2) is 62.4 Å². The lowest BCUT2D eigenvalue weighted by molar-refractivity contribution is -0.118. The van der Waals surface area contributed by atoms with Crippen molar-refractivity contribution in [3.8, 4) is 0 Å². The summed E-state index contributed by atoms with van der Waals surface area (Å²) in [5, 5.41) is 7.91. The maximum Gasteiger partial charge on any atom is 0.327 e.